The molecule has 1 fully saturated rings. The summed E-state index contributed by atoms with van der Waals surface area (Å²) in [7, 11) is 0. The van der Waals surface area contributed by atoms with Gasteiger partial charge in [0.25, 0.3) is 0 Å². The quantitative estimate of drug-likeness (QED) is 0.690. The molecule has 0 aromatic carbocycles. The molecule has 0 aliphatic heterocycles. The second-order valence-electron chi connectivity index (χ2n) is 3.64. The largest absolute Gasteiger partial charge is 0.330 e. The maximum absolute atomic E-state index is 5.59. The fraction of sp³-hybridized carbons (Fsp3) is 1.00. The molecular weight excluding hydrogens is 154 g/mol. The number of hydrogen-bond donors (Lipinski definition) is 1. The van der Waals surface area contributed by atoms with Crippen molar-refractivity contribution in [1.29, 1.82) is 0 Å². The van der Waals surface area contributed by atoms with E-state index in [1.54, 1.807) is 0 Å². The van der Waals surface area contributed by atoms with Crippen molar-refractivity contribution < 1.29 is 0 Å². The molecule has 0 atom stereocenters. The average molecular weight is 173 g/mol. The minimum absolute atomic E-state index is 0.678. The summed E-state index contributed by atoms with van der Waals surface area (Å²) in [5.41, 5.74) is 6.27. The average Bonchev–Trinajstić information content (AvgIpc) is 1.95. The van der Waals surface area contributed by atoms with Gasteiger partial charge >= 0.3 is 0 Å². The minimum atomic E-state index is 0.678. The van der Waals surface area contributed by atoms with E-state index in [4.69, 9.17) is 5.73 Å². The van der Waals surface area contributed by atoms with E-state index in [1.807, 2.05) is 11.8 Å². The lowest BCUT2D eigenvalue weighted by Crippen LogP contribution is -2.32. The second kappa shape index (κ2) is 4.36. The van der Waals surface area contributed by atoms with Gasteiger partial charge in [0.05, 0.1) is 0 Å². The summed E-state index contributed by atoms with van der Waals surface area (Å²) in [5, 5.41) is 0. The van der Waals surface area contributed by atoms with Gasteiger partial charge in [0.2, 0.25) is 0 Å². The topological polar surface area (TPSA) is 26.0 Å². The predicted octanol–water partition coefficient (Wildman–Crippen LogP) is 2.26. The van der Waals surface area contributed by atoms with Crippen molar-refractivity contribution in [2.45, 2.75) is 32.1 Å². The number of rotatable bonds is 5. The third-order valence-electron chi connectivity index (χ3n) is 2.93. The van der Waals surface area contributed by atoms with Gasteiger partial charge < -0.3 is 5.73 Å². The molecule has 0 bridgehead atoms. The van der Waals surface area contributed by atoms with Crippen molar-refractivity contribution in [1.82, 2.24) is 0 Å². The van der Waals surface area contributed by atoms with Crippen molar-refractivity contribution in [2.75, 3.05) is 18.6 Å². The first kappa shape index (κ1) is 9.40. The Hall–Kier alpha value is 0.310. The van der Waals surface area contributed by atoms with Gasteiger partial charge in [-0.25, -0.2) is 0 Å². The molecule has 2 heteroatoms. The van der Waals surface area contributed by atoms with Crippen LogP contribution in [0.25, 0.3) is 0 Å². The van der Waals surface area contributed by atoms with E-state index in [1.165, 1.54) is 37.9 Å². The van der Waals surface area contributed by atoms with Crippen LogP contribution >= 0.6 is 11.8 Å². The van der Waals surface area contributed by atoms with E-state index in [-0.39, 0.29) is 0 Å². The van der Waals surface area contributed by atoms with Crippen LogP contribution in [-0.4, -0.2) is 18.6 Å². The fourth-order valence-electron chi connectivity index (χ4n) is 1.93. The zero-order valence-electron chi connectivity index (χ0n) is 7.44. The van der Waals surface area contributed by atoms with Gasteiger partial charge in [-0.3, -0.25) is 0 Å². The second-order valence-corrected chi connectivity index (χ2v) is 4.62. The molecule has 0 aromatic heterocycles. The number of thioether (sulfide) groups is 1. The molecule has 11 heavy (non-hydrogen) atoms. The zero-order valence-corrected chi connectivity index (χ0v) is 8.25. The van der Waals surface area contributed by atoms with Crippen LogP contribution in [-0.2, 0) is 0 Å². The van der Waals surface area contributed by atoms with Crippen LogP contribution in [0.3, 0.4) is 0 Å². The predicted molar refractivity (Wildman–Crippen MR) is 53.0 cm³/mol. The van der Waals surface area contributed by atoms with Crippen molar-refractivity contribution in [2.24, 2.45) is 11.1 Å². The zero-order chi connectivity index (χ0) is 8.16. The molecule has 0 unspecified atom stereocenters. The summed E-state index contributed by atoms with van der Waals surface area (Å²) < 4.78 is 0. The van der Waals surface area contributed by atoms with Crippen molar-refractivity contribution in [3.63, 3.8) is 0 Å². The highest BCUT2D eigenvalue weighted by atomic mass is 32.2. The Bertz CT molecular complexity index is 110. The highest BCUT2D eigenvalue weighted by Gasteiger charge is 2.34. The standard InChI is InChI=1S/C9H19NS/c1-11-8-6-9(5-7-10)3-2-4-9/h2-8,10H2,1H3. The molecule has 1 aliphatic rings. The molecule has 0 amide bonds. The lowest BCUT2D eigenvalue weighted by molar-refractivity contribution is 0.119. The van der Waals surface area contributed by atoms with Crippen LogP contribution in [0, 0.1) is 5.41 Å². The molecule has 66 valence electrons. The Balaban J connectivity index is 2.22. The Morgan fingerprint density at radius 2 is 2.09 bits per heavy atom. The van der Waals surface area contributed by atoms with E-state index >= 15 is 0 Å². The van der Waals surface area contributed by atoms with Crippen LogP contribution in [0.1, 0.15) is 32.1 Å². The highest BCUT2D eigenvalue weighted by molar-refractivity contribution is 7.98. The van der Waals surface area contributed by atoms with Crippen molar-refractivity contribution in [3.05, 3.63) is 0 Å². The van der Waals surface area contributed by atoms with Gasteiger partial charge in [0, 0.05) is 0 Å². The fourth-order valence-corrected chi connectivity index (χ4v) is 2.56. The molecule has 1 saturated carbocycles. The van der Waals surface area contributed by atoms with Gasteiger partial charge in [0.1, 0.15) is 0 Å². The summed E-state index contributed by atoms with van der Waals surface area (Å²) in [6, 6.07) is 0. The van der Waals surface area contributed by atoms with Crippen LogP contribution < -0.4 is 5.73 Å². The Morgan fingerprint density at radius 3 is 2.45 bits per heavy atom. The van der Waals surface area contributed by atoms with E-state index in [2.05, 4.69) is 6.26 Å². The van der Waals surface area contributed by atoms with Crippen molar-refractivity contribution in [3.8, 4) is 0 Å². The summed E-state index contributed by atoms with van der Waals surface area (Å²) in [6.07, 6.45) is 9.15. The summed E-state index contributed by atoms with van der Waals surface area (Å²) >= 11 is 1.96. The van der Waals surface area contributed by atoms with Crippen molar-refractivity contribution >= 4 is 11.8 Å². The first-order chi connectivity index (χ1) is 5.33. The molecular formula is C9H19NS. The van der Waals surface area contributed by atoms with E-state index in [0.29, 0.717) is 5.41 Å². The van der Waals surface area contributed by atoms with Gasteiger partial charge in [-0.2, -0.15) is 11.8 Å². The normalized spacial score (nSPS) is 21.3. The van der Waals surface area contributed by atoms with Gasteiger partial charge in [0.15, 0.2) is 0 Å². The first-order valence-corrected chi connectivity index (χ1v) is 5.91. The minimum Gasteiger partial charge on any atom is -0.330 e. The molecule has 0 aromatic rings. The molecule has 0 heterocycles. The van der Waals surface area contributed by atoms with Crippen LogP contribution in [0.15, 0.2) is 0 Å². The molecule has 2 N–H and O–H groups in total. The lowest BCUT2D eigenvalue weighted by atomic mass is 9.65. The molecule has 0 saturated heterocycles. The number of nitrogens with two attached hydrogens (primary N) is 1. The Morgan fingerprint density at radius 1 is 1.36 bits per heavy atom. The highest BCUT2D eigenvalue weighted by Crippen LogP contribution is 2.46. The Kier molecular flexibility index (Phi) is 3.73. The maximum atomic E-state index is 5.59. The van der Waals surface area contributed by atoms with E-state index in [0.717, 1.165) is 6.54 Å². The Labute approximate surface area is 74.1 Å². The lowest BCUT2D eigenvalue weighted by Gasteiger charge is -2.42. The summed E-state index contributed by atoms with van der Waals surface area (Å²) in [4.78, 5) is 0. The molecule has 0 radical (unpaired) electrons. The van der Waals surface area contributed by atoms with Crippen LogP contribution in [0.2, 0.25) is 0 Å². The monoisotopic (exact) mass is 173 g/mol. The third kappa shape index (κ3) is 2.38. The third-order valence-corrected chi connectivity index (χ3v) is 3.54. The molecule has 1 aliphatic carbocycles. The SMILES string of the molecule is CSCCC1(CCN)CCC1. The van der Waals surface area contributed by atoms with Crippen LogP contribution in [0.4, 0.5) is 0 Å². The maximum Gasteiger partial charge on any atom is -0.00650 e. The molecule has 1 rings (SSSR count). The van der Waals surface area contributed by atoms with Gasteiger partial charge in [-0.15, -0.1) is 0 Å². The molecule has 0 spiro atoms. The molecule has 1 nitrogen and oxygen atoms in total. The smallest absolute Gasteiger partial charge is 0.00650 e. The number of hydrogen-bond acceptors (Lipinski definition) is 2. The summed E-state index contributed by atoms with van der Waals surface area (Å²) in [6.45, 7) is 0.883. The van der Waals surface area contributed by atoms with Crippen LogP contribution in [0.5, 0.6) is 0 Å². The van der Waals surface area contributed by atoms with Gasteiger partial charge in [-0.1, -0.05) is 6.42 Å². The van der Waals surface area contributed by atoms with E-state index < -0.39 is 0 Å². The summed E-state index contributed by atoms with van der Waals surface area (Å²) in [5.74, 6) is 1.32. The van der Waals surface area contributed by atoms with E-state index in [9.17, 15) is 0 Å². The van der Waals surface area contributed by atoms with Gasteiger partial charge in [-0.05, 0) is 49.7 Å². The first-order valence-electron chi connectivity index (χ1n) is 4.52.